The first-order chi connectivity index (χ1) is 16.9. The highest BCUT2D eigenvalue weighted by molar-refractivity contribution is 7.92. The third kappa shape index (κ3) is 7.07. The smallest absolute Gasteiger partial charge is 0.244 e. The van der Waals surface area contributed by atoms with Crippen LogP contribution in [-0.2, 0) is 26.0 Å². The van der Waals surface area contributed by atoms with Gasteiger partial charge in [0.1, 0.15) is 12.6 Å². The van der Waals surface area contributed by atoms with Gasteiger partial charge in [0, 0.05) is 17.5 Å². The summed E-state index contributed by atoms with van der Waals surface area (Å²) in [4.78, 5) is 28.2. The Hall–Kier alpha value is -3.39. The lowest BCUT2D eigenvalue weighted by atomic mass is 10.1. The molecule has 0 fully saturated rings. The van der Waals surface area contributed by atoms with Crippen molar-refractivity contribution in [3.63, 3.8) is 0 Å². The summed E-state index contributed by atoms with van der Waals surface area (Å²) in [5.74, 6) is -0.735. The summed E-state index contributed by atoms with van der Waals surface area (Å²) in [6, 6.07) is 21.7. The molecule has 7 nitrogen and oxygen atoms in total. The molecule has 3 rings (SSSR count). The maximum Gasteiger partial charge on any atom is 0.244 e. The summed E-state index contributed by atoms with van der Waals surface area (Å²) in [5, 5.41) is 4.53. The van der Waals surface area contributed by atoms with Gasteiger partial charge >= 0.3 is 0 Å². The molecule has 0 aliphatic heterocycles. The first-order valence-corrected chi connectivity index (χ1v) is 13.8. The van der Waals surface area contributed by atoms with Crippen LogP contribution in [0, 0.1) is 0 Å². The lowest BCUT2D eigenvalue weighted by molar-refractivity contribution is -0.139. The lowest BCUT2D eigenvalue weighted by Crippen LogP contribution is -2.55. The fourth-order valence-electron chi connectivity index (χ4n) is 4.06. The first kappa shape index (κ1) is 27.2. The minimum atomic E-state index is -3.79. The van der Waals surface area contributed by atoms with E-state index in [1.165, 1.54) is 4.90 Å². The molecule has 0 saturated heterocycles. The molecule has 1 N–H and O–H groups in total. The predicted octanol–water partition coefficient (Wildman–Crippen LogP) is 3.98. The highest BCUT2D eigenvalue weighted by Crippen LogP contribution is 2.28. The lowest BCUT2D eigenvalue weighted by Gasteiger charge is -2.33. The molecular weight excluding hydrogens is 474 g/mol. The number of sulfonamides is 1. The van der Waals surface area contributed by atoms with E-state index in [4.69, 9.17) is 0 Å². The van der Waals surface area contributed by atoms with E-state index in [0.29, 0.717) is 12.1 Å². The average Bonchev–Trinajstić information content (AvgIpc) is 2.81. The molecule has 0 bridgehead atoms. The van der Waals surface area contributed by atoms with Gasteiger partial charge in [0.25, 0.3) is 0 Å². The predicted molar refractivity (Wildman–Crippen MR) is 145 cm³/mol. The van der Waals surface area contributed by atoms with Gasteiger partial charge in [0.05, 0.1) is 11.9 Å². The zero-order valence-corrected chi connectivity index (χ0v) is 22.4. The molecule has 0 heterocycles. The van der Waals surface area contributed by atoms with Crippen LogP contribution in [0.1, 0.15) is 33.3 Å². The van der Waals surface area contributed by atoms with Crippen LogP contribution in [0.15, 0.2) is 72.8 Å². The van der Waals surface area contributed by atoms with Gasteiger partial charge in [0.2, 0.25) is 21.8 Å². The Bertz CT molecular complexity index is 1310. The van der Waals surface area contributed by atoms with E-state index in [2.05, 4.69) is 5.32 Å². The van der Waals surface area contributed by atoms with Crippen molar-refractivity contribution in [2.45, 2.75) is 45.7 Å². The summed E-state index contributed by atoms with van der Waals surface area (Å²) >= 11 is 0. The van der Waals surface area contributed by atoms with Crippen molar-refractivity contribution in [3.8, 4) is 0 Å². The molecule has 0 aliphatic rings. The molecule has 2 amide bonds. The number of hydrogen-bond donors (Lipinski definition) is 1. The number of hydrogen-bond acceptors (Lipinski definition) is 4. The third-order valence-electron chi connectivity index (χ3n) is 5.86. The number of amides is 2. The highest BCUT2D eigenvalue weighted by atomic mass is 32.2. The zero-order chi connectivity index (χ0) is 26.5. The SMILES string of the molecule is C[C@H](C(=O)NC(C)(C)C)N(CCc1ccccc1)C(=O)CN(c1cccc2ccccc12)S(C)(=O)=O. The highest BCUT2D eigenvalue weighted by Gasteiger charge is 2.31. The van der Waals surface area contributed by atoms with Crippen LogP contribution in [0.5, 0.6) is 0 Å². The fraction of sp³-hybridized carbons (Fsp3) is 0.357. The van der Waals surface area contributed by atoms with Crippen LogP contribution < -0.4 is 9.62 Å². The van der Waals surface area contributed by atoms with Gasteiger partial charge in [-0.2, -0.15) is 0 Å². The van der Waals surface area contributed by atoms with Crippen molar-refractivity contribution < 1.29 is 18.0 Å². The number of benzene rings is 3. The van der Waals surface area contributed by atoms with Gasteiger partial charge in [-0.15, -0.1) is 0 Å². The normalized spacial score (nSPS) is 12.7. The van der Waals surface area contributed by atoms with Crippen LogP contribution in [-0.4, -0.2) is 56.1 Å². The maximum atomic E-state index is 13.7. The Morgan fingerprint density at radius 2 is 1.53 bits per heavy atom. The fourth-order valence-corrected chi connectivity index (χ4v) is 4.93. The van der Waals surface area contributed by atoms with E-state index in [0.717, 1.165) is 26.9 Å². The summed E-state index contributed by atoms with van der Waals surface area (Å²) in [7, 11) is -3.79. The molecule has 3 aromatic rings. The Kier molecular flexibility index (Phi) is 8.40. The molecule has 0 unspecified atom stereocenters. The van der Waals surface area contributed by atoms with E-state index in [9.17, 15) is 18.0 Å². The van der Waals surface area contributed by atoms with Crippen LogP contribution in [0.25, 0.3) is 10.8 Å². The quantitative estimate of drug-likeness (QED) is 0.473. The van der Waals surface area contributed by atoms with Gasteiger partial charge in [0.15, 0.2) is 0 Å². The summed E-state index contributed by atoms with van der Waals surface area (Å²) < 4.78 is 26.9. The van der Waals surface area contributed by atoms with Crippen molar-refractivity contribution >= 4 is 38.3 Å². The molecular formula is C28H35N3O4S. The minimum Gasteiger partial charge on any atom is -0.350 e. The number of rotatable bonds is 9. The maximum absolute atomic E-state index is 13.7. The molecule has 3 aromatic carbocycles. The van der Waals surface area contributed by atoms with Crippen molar-refractivity contribution in [3.05, 3.63) is 78.4 Å². The Morgan fingerprint density at radius 3 is 2.17 bits per heavy atom. The molecule has 0 saturated carbocycles. The van der Waals surface area contributed by atoms with Crippen LogP contribution in [0.2, 0.25) is 0 Å². The number of nitrogens with one attached hydrogen (secondary N) is 1. The van der Waals surface area contributed by atoms with Gasteiger partial charge in [-0.25, -0.2) is 8.42 Å². The Morgan fingerprint density at radius 1 is 0.917 bits per heavy atom. The van der Waals surface area contributed by atoms with E-state index < -0.39 is 34.1 Å². The number of carbonyl (C=O) groups excluding carboxylic acids is 2. The molecule has 0 aliphatic carbocycles. The van der Waals surface area contributed by atoms with E-state index >= 15 is 0 Å². The summed E-state index contributed by atoms with van der Waals surface area (Å²) in [6.45, 7) is 7.16. The summed E-state index contributed by atoms with van der Waals surface area (Å²) in [5.41, 5.74) is 0.979. The van der Waals surface area contributed by atoms with Crippen molar-refractivity contribution in [2.24, 2.45) is 0 Å². The number of carbonyl (C=O) groups is 2. The van der Waals surface area contributed by atoms with Crippen molar-refractivity contribution in [1.29, 1.82) is 0 Å². The van der Waals surface area contributed by atoms with Gasteiger partial charge in [-0.05, 0) is 51.1 Å². The van der Waals surface area contributed by atoms with Crippen LogP contribution >= 0.6 is 0 Å². The van der Waals surface area contributed by atoms with E-state index in [1.54, 1.807) is 19.1 Å². The molecule has 36 heavy (non-hydrogen) atoms. The monoisotopic (exact) mass is 509 g/mol. The molecule has 1 atom stereocenters. The van der Waals surface area contributed by atoms with Crippen LogP contribution in [0.4, 0.5) is 5.69 Å². The van der Waals surface area contributed by atoms with Gasteiger partial charge in [-0.1, -0.05) is 66.7 Å². The van der Waals surface area contributed by atoms with Crippen molar-refractivity contribution in [2.75, 3.05) is 23.7 Å². The van der Waals surface area contributed by atoms with Gasteiger partial charge in [-0.3, -0.25) is 13.9 Å². The summed E-state index contributed by atoms with van der Waals surface area (Å²) in [6.07, 6.45) is 1.62. The second kappa shape index (κ2) is 11.1. The largest absolute Gasteiger partial charge is 0.350 e. The standard InChI is InChI=1S/C28H35N3O4S/c1-21(27(33)29-28(2,3)4)30(19-18-22-12-7-6-8-13-22)26(32)20-31(36(5,34)35)25-17-11-15-23-14-9-10-16-24(23)25/h6-17,21H,18-20H2,1-5H3,(H,29,33)/t21-/m1/s1. The third-order valence-corrected chi connectivity index (χ3v) is 6.99. The molecule has 0 radical (unpaired) electrons. The number of anilines is 1. The van der Waals surface area contributed by atoms with Crippen LogP contribution in [0.3, 0.4) is 0 Å². The minimum absolute atomic E-state index is 0.273. The van der Waals surface area contributed by atoms with E-state index in [1.807, 2.05) is 81.4 Å². The van der Waals surface area contributed by atoms with E-state index in [-0.39, 0.29) is 12.5 Å². The average molecular weight is 510 g/mol. The van der Waals surface area contributed by atoms with Crippen molar-refractivity contribution in [1.82, 2.24) is 10.2 Å². The van der Waals surface area contributed by atoms with Gasteiger partial charge < -0.3 is 10.2 Å². The number of fused-ring (bicyclic) bond motifs is 1. The number of nitrogens with zero attached hydrogens (tertiary/aromatic N) is 2. The first-order valence-electron chi connectivity index (χ1n) is 12.0. The topological polar surface area (TPSA) is 86.8 Å². The molecule has 192 valence electrons. The molecule has 8 heteroatoms. The Labute approximate surface area is 214 Å². The Balaban J connectivity index is 1.94. The second-order valence-corrected chi connectivity index (χ2v) is 11.9. The zero-order valence-electron chi connectivity index (χ0n) is 21.6. The molecule has 0 spiro atoms. The molecule has 0 aromatic heterocycles. The second-order valence-electron chi connectivity index (χ2n) is 10.0.